The van der Waals surface area contributed by atoms with Gasteiger partial charge in [0, 0.05) is 13.2 Å². The van der Waals surface area contributed by atoms with Gasteiger partial charge in [0.1, 0.15) is 0 Å². The van der Waals surface area contributed by atoms with Gasteiger partial charge in [-0.1, -0.05) is 49.1 Å². The summed E-state index contributed by atoms with van der Waals surface area (Å²) < 4.78 is 5.62. The second-order valence-electron chi connectivity index (χ2n) is 6.55. The number of ether oxygens (including phenoxy) is 1. The molecule has 1 heterocycles. The molecule has 19 heavy (non-hydrogen) atoms. The standard InChI is InChI=1S/C16H27NOSi/c1-19(2,3)16-8-6-14(7-9-16)13-17-11-10-15-5-4-12-18-15/h6-9,15,17H,4-5,10-13H2,1-3H3. The highest BCUT2D eigenvalue weighted by Gasteiger charge is 2.16. The molecule has 106 valence electrons. The summed E-state index contributed by atoms with van der Waals surface area (Å²) >= 11 is 0. The van der Waals surface area contributed by atoms with Gasteiger partial charge in [0.25, 0.3) is 0 Å². The zero-order valence-electron chi connectivity index (χ0n) is 12.5. The first-order chi connectivity index (χ1) is 9.05. The van der Waals surface area contributed by atoms with Crippen molar-refractivity contribution in [2.75, 3.05) is 13.2 Å². The second-order valence-corrected chi connectivity index (χ2v) is 11.6. The van der Waals surface area contributed by atoms with Crippen molar-refractivity contribution in [2.45, 2.75) is 51.6 Å². The predicted octanol–water partition coefficient (Wildman–Crippen LogP) is 2.89. The monoisotopic (exact) mass is 277 g/mol. The summed E-state index contributed by atoms with van der Waals surface area (Å²) in [5.74, 6) is 0. The normalized spacial score (nSPS) is 19.8. The Balaban J connectivity index is 1.71. The smallest absolute Gasteiger partial charge is 0.0775 e. The largest absolute Gasteiger partial charge is 0.378 e. The minimum atomic E-state index is -1.15. The molecule has 1 saturated heterocycles. The minimum absolute atomic E-state index is 0.502. The number of hydrogen-bond acceptors (Lipinski definition) is 2. The number of hydrogen-bond donors (Lipinski definition) is 1. The lowest BCUT2D eigenvalue weighted by Crippen LogP contribution is -2.37. The van der Waals surface area contributed by atoms with Gasteiger partial charge in [0.2, 0.25) is 0 Å². The van der Waals surface area contributed by atoms with Crippen molar-refractivity contribution >= 4 is 13.3 Å². The Morgan fingerprint density at radius 2 is 1.95 bits per heavy atom. The van der Waals surface area contributed by atoms with Crippen LogP contribution in [0.4, 0.5) is 0 Å². The molecule has 1 aliphatic heterocycles. The topological polar surface area (TPSA) is 21.3 Å². The third kappa shape index (κ3) is 4.75. The van der Waals surface area contributed by atoms with E-state index >= 15 is 0 Å². The van der Waals surface area contributed by atoms with Crippen molar-refractivity contribution in [1.29, 1.82) is 0 Å². The lowest BCUT2D eigenvalue weighted by molar-refractivity contribution is 0.104. The summed E-state index contributed by atoms with van der Waals surface area (Å²) in [6.07, 6.45) is 4.13. The van der Waals surface area contributed by atoms with Crippen LogP contribution in [0.15, 0.2) is 24.3 Å². The Morgan fingerprint density at radius 3 is 2.53 bits per heavy atom. The van der Waals surface area contributed by atoms with E-state index in [1.54, 1.807) is 0 Å². The summed E-state index contributed by atoms with van der Waals surface area (Å²) in [6.45, 7) is 10.2. The second kappa shape index (κ2) is 6.68. The fourth-order valence-corrected chi connectivity index (χ4v) is 3.66. The predicted molar refractivity (Wildman–Crippen MR) is 84.7 cm³/mol. The zero-order chi connectivity index (χ0) is 13.7. The van der Waals surface area contributed by atoms with E-state index < -0.39 is 8.07 Å². The van der Waals surface area contributed by atoms with E-state index in [1.807, 2.05) is 0 Å². The lowest BCUT2D eigenvalue weighted by atomic mass is 10.2. The molecule has 2 rings (SSSR count). The molecule has 1 unspecified atom stereocenters. The van der Waals surface area contributed by atoms with Crippen LogP contribution in [0, 0.1) is 0 Å². The molecule has 1 fully saturated rings. The molecular weight excluding hydrogens is 250 g/mol. The average molecular weight is 277 g/mol. The van der Waals surface area contributed by atoms with Gasteiger partial charge in [-0.25, -0.2) is 0 Å². The molecule has 1 N–H and O–H groups in total. The van der Waals surface area contributed by atoms with Crippen LogP contribution >= 0.6 is 0 Å². The molecule has 0 amide bonds. The number of nitrogens with one attached hydrogen (secondary N) is 1. The van der Waals surface area contributed by atoms with Gasteiger partial charge >= 0.3 is 0 Å². The Bertz CT molecular complexity index is 377. The first-order valence-electron chi connectivity index (χ1n) is 7.47. The zero-order valence-corrected chi connectivity index (χ0v) is 13.5. The van der Waals surface area contributed by atoms with Gasteiger partial charge in [-0.05, 0) is 31.4 Å². The van der Waals surface area contributed by atoms with E-state index in [-0.39, 0.29) is 0 Å². The SMILES string of the molecule is C[Si](C)(C)c1ccc(CNCCC2CCCO2)cc1. The molecule has 3 heteroatoms. The molecule has 0 aromatic heterocycles. The van der Waals surface area contributed by atoms with E-state index in [4.69, 9.17) is 4.74 Å². The highest BCUT2D eigenvalue weighted by atomic mass is 28.3. The Hall–Kier alpha value is -0.643. The van der Waals surface area contributed by atoms with Crippen molar-refractivity contribution in [1.82, 2.24) is 5.32 Å². The van der Waals surface area contributed by atoms with Crippen LogP contribution in [0.3, 0.4) is 0 Å². The lowest BCUT2D eigenvalue weighted by Gasteiger charge is -2.17. The first-order valence-corrected chi connectivity index (χ1v) is 11.0. The van der Waals surface area contributed by atoms with Crippen molar-refractivity contribution < 1.29 is 4.74 Å². The number of rotatable bonds is 6. The molecule has 2 nitrogen and oxygen atoms in total. The van der Waals surface area contributed by atoms with Gasteiger partial charge < -0.3 is 10.1 Å². The highest BCUT2D eigenvalue weighted by Crippen LogP contribution is 2.14. The molecule has 0 radical (unpaired) electrons. The van der Waals surface area contributed by atoms with Crippen molar-refractivity contribution in [2.24, 2.45) is 0 Å². The van der Waals surface area contributed by atoms with Crippen molar-refractivity contribution in [3.05, 3.63) is 29.8 Å². The quantitative estimate of drug-likeness (QED) is 0.638. The molecule has 1 aromatic rings. The molecule has 1 aliphatic rings. The summed E-state index contributed by atoms with van der Waals surface area (Å²) in [5, 5.41) is 5.06. The molecule has 0 aliphatic carbocycles. The van der Waals surface area contributed by atoms with E-state index in [0.29, 0.717) is 6.10 Å². The van der Waals surface area contributed by atoms with E-state index in [9.17, 15) is 0 Å². The maximum atomic E-state index is 5.62. The fraction of sp³-hybridized carbons (Fsp3) is 0.625. The van der Waals surface area contributed by atoms with E-state index in [0.717, 1.165) is 26.1 Å². The van der Waals surface area contributed by atoms with Crippen molar-refractivity contribution in [3.8, 4) is 0 Å². The third-order valence-corrected chi connectivity index (χ3v) is 5.88. The van der Waals surface area contributed by atoms with Crippen LogP contribution in [0.5, 0.6) is 0 Å². The maximum Gasteiger partial charge on any atom is 0.0775 e. The molecule has 0 spiro atoms. The molecule has 1 aromatic carbocycles. The van der Waals surface area contributed by atoms with Gasteiger partial charge in [0.15, 0.2) is 0 Å². The third-order valence-electron chi connectivity index (χ3n) is 3.82. The van der Waals surface area contributed by atoms with E-state index in [1.165, 1.54) is 23.6 Å². The van der Waals surface area contributed by atoms with Gasteiger partial charge in [-0.2, -0.15) is 0 Å². The summed E-state index contributed by atoms with van der Waals surface area (Å²) in [7, 11) is -1.15. The van der Waals surface area contributed by atoms with E-state index in [2.05, 4.69) is 49.2 Å². The highest BCUT2D eigenvalue weighted by molar-refractivity contribution is 6.88. The Labute approximate surface area is 118 Å². The molecular formula is C16H27NOSi. The Kier molecular flexibility index (Phi) is 5.19. The number of benzene rings is 1. The van der Waals surface area contributed by atoms with Crippen LogP contribution < -0.4 is 10.5 Å². The van der Waals surface area contributed by atoms with Crippen LogP contribution in [0.2, 0.25) is 19.6 Å². The van der Waals surface area contributed by atoms with Gasteiger partial charge in [-0.3, -0.25) is 0 Å². The van der Waals surface area contributed by atoms with Gasteiger partial charge in [0.05, 0.1) is 14.2 Å². The van der Waals surface area contributed by atoms with Gasteiger partial charge in [-0.15, -0.1) is 0 Å². The van der Waals surface area contributed by atoms with Crippen LogP contribution in [0.25, 0.3) is 0 Å². The average Bonchev–Trinajstić information content (AvgIpc) is 2.87. The molecule has 0 bridgehead atoms. The minimum Gasteiger partial charge on any atom is -0.378 e. The van der Waals surface area contributed by atoms with Crippen LogP contribution in [0.1, 0.15) is 24.8 Å². The summed E-state index contributed by atoms with van der Waals surface area (Å²) in [4.78, 5) is 0. The molecule has 1 atom stereocenters. The van der Waals surface area contributed by atoms with Crippen LogP contribution in [-0.4, -0.2) is 27.3 Å². The summed E-state index contributed by atoms with van der Waals surface area (Å²) in [6, 6.07) is 9.16. The van der Waals surface area contributed by atoms with Crippen molar-refractivity contribution in [3.63, 3.8) is 0 Å². The van der Waals surface area contributed by atoms with Crippen LogP contribution in [-0.2, 0) is 11.3 Å². The molecule has 0 saturated carbocycles. The Morgan fingerprint density at radius 1 is 1.21 bits per heavy atom. The fourth-order valence-electron chi connectivity index (χ4n) is 2.49. The first kappa shape index (κ1) is 14.8. The summed E-state index contributed by atoms with van der Waals surface area (Å²) in [5.41, 5.74) is 1.38. The maximum absolute atomic E-state index is 5.62.